The molecule has 1 heteroatoms. The van der Waals surface area contributed by atoms with E-state index in [0.29, 0.717) is 5.41 Å². The van der Waals surface area contributed by atoms with Crippen LogP contribution in [-0.2, 0) is 0 Å². The third-order valence-electron chi connectivity index (χ3n) is 6.44. The van der Waals surface area contributed by atoms with Crippen LogP contribution in [-0.4, -0.2) is 24.0 Å². The summed E-state index contributed by atoms with van der Waals surface area (Å²) in [5.74, 6) is 0.852. The van der Waals surface area contributed by atoms with Crippen LogP contribution in [0, 0.1) is 16.7 Å². The highest BCUT2D eigenvalue weighted by atomic mass is 15.2. The topological polar surface area (TPSA) is 3.24 Å². The van der Waals surface area contributed by atoms with Crippen molar-refractivity contribution in [1.29, 1.82) is 0 Å². The summed E-state index contributed by atoms with van der Waals surface area (Å²) in [7, 11) is 0. The summed E-state index contributed by atoms with van der Waals surface area (Å²) in [4.78, 5) is 2.67. The molecule has 0 N–H and O–H groups in total. The molecule has 1 aliphatic heterocycles. The quantitative estimate of drug-likeness (QED) is 0.687. The number of rotatable bonds is 2. The average molecular weight is 251 g/mol. The summed E-state index contributed by atoms with van der Waals surface area (Å²) in [6.07, 6.45) is 8.83. The van der Waals surface area contributed by atoms with E-state index in [4.69, 9.17) is 0 Å². The first kappa shape index (κ1) is 14.4. The molecule has 0 aromatic rings. The van der Waals surface area contributed by atoms with E-state index in [1.807, 2.05) is 0 Å². The lowest BCUT2D eigenvalue weighted by Crippen LogP contribution is -2.46. The molecule has 1 nitrogen and oxygen atoms in total. The molecule has 18 heavy (non-hydrogen) atoms. The highest BCUT2D eigenvalue weighted by Crippen LogP contribution is 2.53. The zero-order chi connectivity index (χ0) is 13.4. The highest BCUT2D eigenvalue weighted by Gasteiger charge is 2.43. The van der Waals surface area contributed by atoms with Crippen LogP contribution in [0.3, 0.4) is 0 Å². The fourth-order valence-corrected chi connectivity index (χ4v) is 3.94. The van der Waals surface area contributed by atoms with Crippen molar-refractivity contribution in [3.05, 3.63) is 0 Å². The molecule has 0 aromatic carbocycles. The fourth-order valence-electron chi connectivity index (χ4n) is 3.94. The molecule has 2 aliphatic rings. The number of hydrogen-bond donors (Lipinski definition) is 0. The lowest BCUT2D eigenvalue weighted by Gasteiger charge is -2.51. The van der Waals surface area contributed by atoms with Crippen molar-refractivity contribution < 1.29 is 0 Å². The van der Waals surface area contributed by atoms with E-state index in [-0.39, 0.29) is 0 Å². The number of nitrogens with zero attached hydrogens (tertiary/aromatic N) is 1. The molecule has 1 aliphatic carbocycles. The Morgan fingerprint density at radius 1 is 0.778 bits per heavy atom. The Morgan fingerprint density at radius 2 is 1.28 bits per heavy atom. The van der Waals surface area contributed by atoms with Gasteiger partial charge in [0, 0.05) is 6.04 Å². The second-order valence-electron chi connectivity index (χ2n) is 7.94. The molecule has 0 aromatic heterocycles. The largest absolute Gasteiger partial charge is 0.301 e. The van der Waals surface area contributed by atoms with Crippen LogP contribution in [0.5, 0.6) is 0 Å². The van der Waals surface area contributed by atoms with Gasteiger partial charge in [0.05, 0.1) is 0 Å². The predicted octanol–water partition coefficient (Wildman–Crippen LogP) is 4.71. The van der Waals surface area contributed by atoms with Crippen LogP contribution in [0.2, 0.25) is 0 Å². The standard InChI is InChI=1S/C17H33N/c1-14(2)16(5)6-8-17(9-7-16)10-12-18(13-11-17)15(3)4/h14-15H,6-13H2,1-5H3. The SMILES string of the molecule is CC(C)N1CCC2(CC1)CCC(C)(C(C)C)CC2. The molecule has 0 bridgehead atoms. The summed E-state index contributed by atoms with van der Waals surface area (Å²) in [5, 5.41) is 0. The molecule has 0 amide bonds. The fraction of sp³-hybridized carbons (Fsp3) is 1.00. The van der Waals surface area contributed by atoms with Gasteiger partial charge < -0.3 is 4.90 Å². The van der Waals surface area contributed by atoms with Crippen LogP contribution in [0.25, 0.3) is 0 Å². The first-order valence-corrected chi connectivity index (χ1v) is 8.11. The van der Waals surface area contributed by atoms with Crippen molar-refractivity contribution in [2.45, 2.75) is 79.2 Å². The van der Waals surface area contributed by atoms with Crippen LogP contribution in [0.4, 0.5) is 0 Å². The maximum atomic E-state index is 2.67. The lowest BCUT2D eigenvalue weighted by atomic mass is 9.58. The van der Waals surface area contributed by atoms with Crippen molar-refractivity contribution in [3.8, 4) is 0 Å². The van der Waals surface area contributed by atoms with Gasteiger partial charge in [0.1, 0.15) is 0 Å². The van der Waals surface area contributed by atoms with E-state index >= 15 is 0 Å². The molecule has 0 unspecified atom stereocenters. The Hall–Kier alpha value is -0.0400. The minimum atomic E-state index is 0.625. The first-order valence-electron chi connectivity index (χ1n) is 8.11. The summed E-state index contributed by atoms with van der Waals surface area (Å²) in [5.41, 5.74) is 1.35. The Kier molecular flexibility index (Phi) is 4.11. The van der Waals surface area contributed by atoms with Crippen molar-refractivity contribution in [1.82, 2.24) is 4.90 Å². The van der Waals surface area contributed by atoms with Gasteiger partial charge in [-0.3, -0.25) is 0 Å². The molecule has 1 spiro atoms. The summed E-state index contributed by atoms with van der Waals surface area (Å²) >= 11 is 0. The van der Waals surface area contributed by atoms with Crippen LogP contribution in [0.1, 0.15) is 73.1 Å². The van der Waals surface area contributed by atoms with Gasteiger partial charge in [-0.15, -0.1) is 0 Å². The predicted molar refractivity (Wildman–Crippen MR) is 79.8 cm³/mol. The molecule has 1 saturated carbocycles. The molecule has 2 rings (SSSR count). The van der Waals surface area contributed by atoms with Gasteiger partial charge in [-0.1, -0.05) is 20.8 Å². The summed E-state index contributed by atoms with van der Waals surface area (Å²) in [6.45, 7) is 14.7. The second kappa shape index (κ2) is 5.15. The summed E-state index contributed by atoms with van der Waals surface area (Å²) < 4.78 is 0. The number of hydrogen-bond acceptors (Lipinski definition) is 1. The van der Waals surface area contributed by atoms with E-state index in [0.717, 1.165) is 17.4 Å². The van der Waals surface area contributed by atoms with Gasteiger partial charge in [0.2, 0.25) is 0 Å². The molecule has 2 fully saturated rings. The minimum absolute atomic E-state index is 0.625. The number of likely N-dealkylation sites (tertiary alicyclic amines) is 1. The smallest absolute Gasteiger partial charge is 0.00385 e. The van der Waals surface area contributed by atoms with Crippen molar-refractivity contribution in [2.24, 2.45) is 16.7 Å². The Balaban J connectivity index is 1.90. The van der Waals surface area contributed by atoms with Crippen molar-refractivity contribution in [2.75, 3.05) is 13.1 Å². The molecule has 106 valence electrons. The van der Waals surface area contributed by atoms with Gasteiger partial charge in [0.15, 0.2) is 0 Å². The molecule has 0 atom stereocenters. The van der Waals surface area contributed by atoms with E-state index < -0.39 is 0 Å². The van der Waals surface area contributed by atoms with Gasteiger partial charge in [0.25, 0.3) is 0 Å². The summed E-state index contributed by atoms with van der Waals surface area (Å²) in [6, 6.07) is 0.742. The van der Waals surface area contributed by atoms with E-state index in [1.165, 1.54) is 51.6 Å². The van der Waals surface area contributed by atoms with Crippen LogP contribution >= 0.6 is 0 Å². The minimum Gasteiger partial charge on any atom is -0.301 e. The molecular weight excluding hydrogens is 218 g/mol. The normalized spacial score (nSPS) is 28.2. The zero-order valence-electron chi connectivity index (χ0n) is 13.3. The Bertz CT molecular complexity index is 261. The van der Waals surface area contributed by atoms with Crippen molar-refractivity contribution >= 4 is 0 Å². The average Bonchev–Trinajstić information content (AvgIpc) is 2.34. The molecule has 1 heterocycles. The van der Waals surface area contributed by atoms with Crippen LogP contribution < -0.4 is 0 Å². The van der Waals surface area contributed by atoms with Gasteiger partial charge >= 0.3 is 0 Å². The third-order valence-corrected chi connectivity index (χ3v) is 6.44. The van der Waals surface area contributed by atoms with Gasteiger partial charge in [-0.25, -0.2) is 0 Å². The van der Waals surface area contributed by atoms with Gasteiger partial charge in [-0.2, -0.15) is 0 Å². The number of piperidine rings is 1. The Labute approximate surface area is 114 Å². The molecular formula is C17H33N. The third kappa shape index (κ3) is 2.76. The maximum absolute atomic E-state index is 2.67. The van der Waals surface area contributed by atoms with E-state index in [2.05, 4.69) is 39.5 Å². The van der Waals surface area contributed by atoms with E-state index in [9.17, 15) is 0 Å². The van der Waals surface area contributed by atoms with Gasteiger partial charge in [-0.05, 0) is 82.2 Å². The first-order chi connectivity index (χ1) is 8.37. The second-order valence-corrected chi connectivity index (χ2v) is 7.94. The highest BCUT2D eigenvalue weighted by molar-refractivity contribution is 4.95. The lowest BCUT2D eigenvalue weighted by molar-refractivity contribution is 0.000813. The monoisotopic (exact) mass is 251 g/mol. The zero-order valence-corrected chi connectivity index (χ0v) is 13.3. The van der Waals surface area contributed by atoms with Crippen LogP contribution in [0.15, 0.2) is 0 Å². The molecule has 1 saturated heterocycles. The Morgan fingerprint density at radius 3 is 1.67 bits per heavy atom. The molecule has 0 radical (unpaired) electrons. The van der Waals surface area contributed by atoms with E-state index in [1.54, 1.807) is 0 Å². The van der Waals surface area contributed by atoms with Crippen molar-refractivity contribution in [3.63, 3.8) is 0 Å². The maximum Gasteiger partial charge on any atom is 0.00385 e.